The number of benzene rings is 1. The molecule has 1 atom stereocenters. The Labute approximate surface area is 154 Å². The molecule has 1 unspecified atom stereocenters. The van der Waals surface area contributed by atoms with Crippen LogP contribution >= 0.6 is 11.3 Å². The summed E-state index contributed by atoms with van der Waals surface area (Å²) in [5.74, 6) is -0.366. The lowest BCUT2D eigenvalue weighted by Gasteiger charge is -2.20. The second kappa shape index (κ2) is 7.36. The number of carbonyl (C=O) groups excluding carboxylic acids is 1. The van der Waals surface area contributed by atoms with Gasteiger partial charge in [-0.15, -0.1) is 11.3 Å². The second-order valence-corrected chi connectivity index (χ2v) is 7.73. The maximum atomic E-state index is 12.6. The summed E-state index contributed by atoms with van der Waals surface area (Å²) in [5.41, 5.74) is 1.06. The quantitative estimate of drug-likeness (QED) is 0.857. The zero-order valence-corrected chi connectivity index (χ0v) is 15.4. The van der Waals surface area contributed by atoms with Gasteiger partial charge in [0.2, 0.25) is 5.91 Å². The fourth-order valence-corrected chi connectivity index (χ4v) is 4.05. The fraction of sp³-hybridized carbons (Fsp3) is 0.444. The van der Waals surface area contributed by atoms with Crippen molar-refractivity contribution in [3.8, 4) is 0 Å². The number of aromatic nitrogens is 1. The SMILES string of the molecule is CC(CC(=O)Nc1nc2c(s1)CN(C)CC2)c1ccc(C(F)(F)F)cc1. The van der Waals surface area contributed by atoms with Crippen molar-refractivity contribution in [1.29, 1.82) is 0 Å². The van der Waals surface area contributed by atoms with Crippen molar-refractivity contribution in [1.82, 2.24) is 9.88 Å². The maximum absolute atomic E-state index is 12.6. The van der Waals surface area contributed by atoms with E-state index in [-0.39, 0.29) is 18.2 Å². The van der Waals surface area contributed by atoms with Crippen LogP contribution in [0.1, 0.15) is 41.0 Å². The molecule has 0 spiro atoms. The summed E-state index contributed by atoms with van der Waals surface area (Å²) in [6, 6.07) is 4.96. The number of likely N-dealkylation sites (N-methyl/N-ethyl adjacent to an activating group) is 1. The second-order valence-electron chi connectivity index (χ2n) is 6.65. The van der Waals surface area contributed by atoms with Crippen LogP contribution in [0.25, 0.3) is 0 Å². The number of halogens is 3. The number of anilines is 1. The Balaban J connectivity index is 1.59. The van der Waals surface area contributed by atoms with Crippen LogP contribution in [-0.2, 0) is 23.9 Å². The minimum absolute atomic E-state index is 0.182. The van der Waals surface area contributed by atoms with Gasteiger partial charge < -0.3 is 10.2 Å². The molecule has 26 heavy (non-hydrogen) atoms. The smallest absolute Gasteiger partial charge is 0.302 e. The molecule has 2 aromatic rings. The van der Waals surface area contributed by atoms with Gasteiger partial charge in [0.1, 0.15) is 0 Å². The number of amides is 1. The molecule has 1 aromatic heterocycles. The first-order valence-electron chi connectivity index (χ1n) is 8.36. The first-order valence-corrected chi connectivity index (χ1v) is 9.18. The normalized spacial score (nSPS) is 16.2. The van der Waals surface area contributed by atoms with Crippen molar-refractivity contribution >= 4 is 22.4 Å². The van der Waals surface area contributed by atoms with Gasteiger partial charge in [-0.3, -0.25) is 4.79 Å². The van der Waals surface area contributed by atoms with Gasteiger partial charge in [0.25, 0.3) is 0 Å². The molecule has 0 bridgehead atoms. The first kappa shape index (κ1) is 18.8. The molecule has 1 N–H and O–H groups in total. The van der Waals surface area contributed by atoms with E-state index in [1.807, 2.05) is 14.0 Å². The molecular formula is C18H20F3N3OS. The van der Waals surface area contributed by atoms with Gasteiger partial charge in [-0.2, -0.15) is 13.2 Å². The molecule has 3 rings (SSSR count). The maximum Gasteiger partial charge on any atom is 0.416 e. The zero-order valence-electron chi connectivity index (χ0n) is 14.6. The van der Waals surface area contributed by atoms with Gasteiger partial charge in [0.15, 0.2) is 5.13 Å². The zero-order chi connectivity index (χ0) is 18.9. The molecule has 1 aromatic carbocycles. The Morgan fingerprint density at radius 3 is 2.69 bits per heavy atom. The average molecular weight is 383 g/mol. The van der Waals surface area contributed by atoms with E-state index in [0.717, 1.165) is 37.3 Å². The lowest BCUT2D eigenvalue weighted by atomic mass is 9.96. The minimum Gasteiger partial charge on any atom is -0.302 e. The standard InChI is InChI=1S/C18H20F3N3OS/c1-11(12-3-5-13(6-4-12)18(19,20)21)9-16(25)23-17-22-14-7-8-24(2)10-15(14)26-17/h3-6,11H,7-10H2,1-2H3,(H,22,23,25). The van der Waals surface area contributed by atoms with Gasteiger partial charge in [-0.1, -0.05) is 19.1 Å². The molecule has 8 heteroatoms. The lowest BCUT2D eigenvalue weighted by Crippen LogP contribution is -2.25. The molecule has 0 radical (unpaired) electrons. The number of rotatable bonds is 4. The third kappa shape index (κ3) is 4.42. The average Bonchev–Trinajstić information content (AvgIpc) is 2.95. The number of nitrogens with one attached hydrogen (secondary N) is 1. The molecule has 0 fully saturated rings. The van der Waals surface area contributed by atoms with E-state index in [1.54, 1.807) is 0 Å². The Kier molecular flexibility index (Phi) is 5.34. The number of hydrogen-bond donors (Lipinski definition) is 1. The third-order valence-electron chi connectivity index (χ3n) is 4.47. The summed E-state index contributed by atoms with van der Waals surface area (Å²) >= 11 is 1.49. The molecule has 1 aliphatic heterocycles. The van der Waals surface area contributed by atoms with Crippen molar-refractivity contribution in [2.24, 2.45) is 0 Å². The van der Waals surface area contributed by atoms with Crippen LogP contribution in [0.3, 0.4) is 0 Å². The fourth-order valence-electron chi connectivity index (χ4n) is 2.94. The molecule has 4 nitrogen and oxygen atoms in total. The minimum atomic E-state index is -4.35. The monoisotopic (exact) mass is 383 g/mol. The van der Waals surface area contributed by atoms with Crippen LogP contribution < -0.4 is 5.32 Å². The van der Waals surface area contributed by atoms with E-state index < -0.39 is 11.7 Å². The number of alkyl halides is 3. The Hall–Kier alpha value is -1.93. The summed E-state index contributed by atoms with van der Waals surface area (Å²) in [6.07, 6.45) is -3.28. The van der Waals surface area contributed by atoms with Crippen molar-refractivity contribution in [3.63, 3.8) is 0 Å². The Morgan fingerprint density at radius 2 is 2.04 bits per heavy atom. The summed E-state index contributed by atoms with van der Waals surface area (Å²) in [5, 5.41) is 3.41. The van der Waals surface area contributed by atoms with Gasteiger partial charge in [0.05, 0.1) is 11.3 Å². The summed E-state index contributed by atoms with van der Waals surface area (Å²) in [6.45, 7) is 3.61. The van der Waals surface area contributed by atoms with E-state index in [4.69, 9.17) is 0 Å². The Morgan fingerprint density at radius 1 is 1.35 bits per heavy atom. The van der Waals surface area contributed by atoms with Crippen LogP contribution in [0, 0.1) is 0 Å². The summed E-state index contributed by atoms with van der Waals surface area (Å²) < 4.78 is 37.9. The van der Waals surface area contributed by atoms with Crippen molar-refractivity contribution in [3.05, 3.63) is 46.0 Å². The molecule has 2 heterocycles. The first-order chi connectivity index (χ1) is 12.2. The van der Waals surface area contributed by atoms with E-state index in [0.29, 0.717) is 10.7 Å². The number of carbonyl (C=O) groups is 1. The van der Waals surface area contributed by atoms with E-state index >= 15 is 0 Å². The highest BCUT2D eigenvalue weighted by atomic mass is 32.1. The topological polar surface area (TPSA) is 45.2 Å². The van der Waals surface area contributed by atoms with Crippen LogP contribution in [0.4, 0.5) is 18.3 Å². The van der Waals surface area contributed by atoms with Crippen LogP contribution in [0.2, 0.25) is 0 Å². The molecule has 1 amide bonds. The number of nitrogens with zero attached hydrogens (tertiary/aromatic N) is 2. The highest BCUT2D eigenvalue weighted by Gasteiger charge is 2.30. The molecule has 0 saturated carbocycles. The molecular weight excluding hydrogens is 363 g/mol. The van der Waals surface area contributed by atoms with Gasteiger partial charge >= 0.3 is 6.18 Å². The predicted molar refractivity (Wildman–Crippen MR) is 95.3 cm³/mol. The number of hydrogen-bond acceptors (Lipinski definition) is 4. The van der Waals surface area contributed by atoms with Gasteiger partial charge in [0, 0.05) is 30.8 Å². The Bertz CT molecular complexity index is 786. The van der Waals surface area contributed by atoms with E-state index in [2.05, 4.69) is 15.2 Å². The lowest BCUT2D eigenvalue weighted by molar-refractivity contribution is -0.137. The number of thiazole rings is 1. The molecule has 0 aliphatic carbocycles. The van der Waals surface area contributed by atoms with Crippen LogP contribution in [0.15, 0.2) is 24.3 Å². The van der Waals surface area contributed by atoms with Crippen LogP contribution in [-0.4, -0.2) is 29.4 Å². The summed E-state index contributed by atoms with van der Waals surface area (Å²) in [7, 11) is 2.05. The number of fused-ring (bicyclic) bond motifs is 1. The van der Waals surface area contributed by atoms with Crippen molar-refractivity contribution in [2.45, 2.75) is 38.4 Å². The largest absolute Gasteiger partial charge is 0.416 e. The highest BCUT2D eigenvalue weighted by Crippen LogP contribution is 2.31. The highest BCUT2D eigenvalue weighted by molar-refractivity contribution is 7.15. The summed E-state index contributed by atoms with van der Waals surface area (Å²) in [4.78, 5) is 20.1. The van der Waals surface area contributed by atoms with E-state index in [9.17, 15) is 18.0 Å². The van der Waals surface area contributed by atoms with E-state index in [1.165, 1.54) is 28.3 Å². The van der Waals surface area contributed by atoms with Crippen molar-refractivity contribution in [2.75, 3.05) is 18.9 Å². The van der Waals surface area contributed by atoms with Gasteiger partial charge in [-0.25, -0.2) is 4.98 Å². The van der Waals surface area contributed by atoms with Gasteiger partial charge in [-0.05, 0) is 30.7 Å². The predicted octanol–water partition coefficient (Wildman–Crippen LogP) is 4.28. The molecule has 0 saturated heterocycles. The van der Waals surface area contributed by atoms with Crippen molar-refractivity contribution < 1.29 is 18.0 Å². The molecule has 140 valence electrons. The van der Waals surface area contributed by atoms with Crippen LogP contribution in [0.5, 0.6) is 0 Å². The molecule has 1 aliphatic rings. The third-order valence-corrected chi connectivity index (χ3v) is 5.46.